The predicted molar refractivity (Wildman–Crippen MR) is 90.0 cm³/mol. The second-order valence-corrected chi connectivity index (χ2v) is 6.40. The van der Waals surface area contributed by atoms with Crippen LogP contribution in [0.25, 0.3) is 0 Å². The van der Waals surface area contributed by atoms with E-state index < -0.39 is 0 Å². The van der Waals surface area contributed by atoms with Crippen molar-refractivity contribution in [3.8, 4) is 0 Å². The molecule has 5 nitrogen and oxygen atoms in total. The van der Waals surface area contributed by atoms with Gasteiger partial charge in [-0.3, -0.25) is 9.59 Å². The molecule has 1 aliphatic rings. The van der Waals surface area contributed by atoms with Crippen molar-refractivity contribution in [2.75, 3.05) is 6.54 Å². The number of carbonyl (C=O) groups excluding carboxylic acids is 2. The van der Waals surface area contributed by atoms with Crippen LogP contribution >= 0.6 is 0 Å². The molecule has 5 heteroatoms. The first-order valence-corrected chi connectivity index (χ1v) is 8.17. The Labute approximate surface area is 141 Å². The summed E-state index contributed by atoms with van der Waals surface area (Å²) in [6, 6.07) is 9.81. The van der Waals surface area contributed by atoms with Crippen molar-refractivity contribution in [3.63, 3.8) is 0 Å². The maximum absolute atomic E-state index is 12.4. The number of nitrogens with zero attached hydrogens (tertiary/aromatic N) is 1. The standard InChI is InChI=1S/C19H22N2O3/c1-13-5-6-15(14(2)8-13)10-20-19(23)16-9-18(22)21(11-16)12-17-4-3-7-24-17/h3-8,16H,9-12H2,1-2H3,(H,20,23). The minimum absolute atomic E-state index is 0.00179. The molecule has 2 heterocycles. The van der Waals surface area contributed by atoms with Crippen LogP contribution in [0.2, 0.25) is 0 Å². The second kappa shape index (κ2) is 6.91. The second-order valence-electron chi connectivity index (χ2n) is 6.40. The SMILES string of the molecule is Cc1ccc(CNC(=O)C2CC(=O)N(Cc3ccco3)C2)c(C)c1. The van der Waals surface area contributed by atoms with Gasteiger partial charge in [-0.05, 0) is 37.1 Å². The first-order chi connectivity index (χ1) is 11.5. The molecule has 0 saturated carbocycles. The van der Waals surface area contributed by atoms with Crippen LogP contribution in [0.15, 0.2) is 41.0 Å². The summed E-state index contributed by atoms with van der Waals surface area (Å²) in [4.78, 5) is 26.1. The molecule has 1 saturated heterocycles. The molecule has 1 aromatic heterocycles. The molecule has 1 atom stereocenters. The third-order valence-electron chi connectivity index (χ3n) is 4.46. The zero-order chi connectivity index (χ0) is 17.1. The fraction of sp³-hybridized carbons (Fsp3) is 0.368. The van der Waals surface area contributed by atoms with E-state index in [2.05, 4.69) is 11.4 Å². The van der Waals surface area contributed by atoms with E-state index in [1.54, 1.807) is 17.2 Å². The number of hydrogen-bond donors (Lipinski definition) is 1. The Hall–Kier alpha value is -2.56. The number of hydrogen-bond acceptors (Lipinski definition) is 3. The molecular weight excluding hydrogens is 304 g/mol. The van der Waals surface area contributed by atoms with Crippen LogP contribution in [0.3, 0.4) is 0 Å². The molecule has 0 aliphatic carbocycles. The van der Waals surface area contributed by atoms with Crippen molar-refractivity contribution < 1.29 is 14.0 Å². The van der Waals surface area contributed by atoms with Crippen LogP contribution in [0.5, 0.6) is 0 Å². The van der Waals surface area contributed by atoms with Gasteiger partial charge in [-0.15, -0.1) is 0 Å². The Morgan fingerprint density at radius 2 is 2.17 bits per heavy atom. The third-order valence-corrected chi connectivity index (χ3v) is 4.46. The van der Waals surface area contributed by atoms with Crippen LogP contribution in [0.1, 0.15) is 28.9 Å². The van der Waals surface area contributed by atoms with E-state index >= 15 is 0 Å². The van der Waals surface area contributed by atoms with Gasteiger partial charge in [0, 0.05) is 19.5 Å². The Morgan fingerprint density at radius 3 is 2.88 bits per heavy atom. The summed E-state index contributed by atoms with van der Waals surface area (Å²) in [7, 11) is 0. The maximum Gasteiger partial charge on any atom is 0.225 e. The lowest BCUT2D eigenvalue weighted by Gasteiger charge is -2.15. The monoisotopic (exact) mass is 326 g/mol. The molecule has 2 aromatic rings. The number of rotatable bonds is 5. The van der Waals surface area contributed by atoms with Gasteiger partial charge < -0.3 is 14.6 Å². The molecule has 24 heavy (non-hydrogen) atoms. The third kappa shape index (κ3) is 3.67. The summed E-state index contributed by atoms with van der Waals surface area (Å²) in [5.41, 5.74) is 3.47. The molecule has 0 spiro atoms. The molecule has 1 fully saturated rings. The van der Waals surface area contributed by atoms with Gasteiger partial charge in [0.1, 0.15) is 5.76 Å². The van der Waals surface area contributed by atoms with Gasteiger partial charge in [0.15, 0.2) is 0 Å². The van der Waals surface area contributed by atoms with Crippen LogP contribution in [0, 0.1) is 19.8 Å². The number of furan rings is 1. The first-order valence-electron chi connectivity index (χ1n) is 8.17. The highest BCUT2D eigenvalue weighted by Crippen LogP contribution is 2.21. The number of aryl methyl sites for hydroxylation is 2. The summed E-state index contributed by atoms with van der Waals surface area (Å²) in [6.07, 6.45) is 1.85. The van der Waals surface area contributed by atoms with E-state index in [4.69, 9.17) is 4.42 Å². The van der Waals surface area contributed by atoms with Crippen molar-refractivity contribution >= 4 is 11.8 Å². The van der Waals surface area contributed by atoms with Gasteiger partial charge in [0.2, 0.25) is 11.8 Å². The lowest BCUT2D eigenvalue weighted by Crippen LogP contribution is -2.32. The summed E-state index contributed by atoms with van der Waals surface area (Å²) in [5.74, 6) is 0.376. The Kier molecular flexibility index (Phi) is 4.69. The summed E-state index contributed by atoms with van der Waals surface area (Å²) in [5, 5.41) is 2.96. The van der Waals surface area contributed by atoms with Gasteiger partial charge in [-0.2, -0.15) is 0 Å². The van der Waals surface area contributed by atoms with Gasteiger partial charge >= 0.3 is 0 Å². The molecule has 1 aromatic carbocycles. The average Bonchev–Trinajstić information content (AvgIpc) is 3.17. The van der Waals surface area contributed by atoms with E-state index in [0.29, 0.717) is 19.6 Å². The van der Waals surface area contributed by atoms with Gasteiger partial charge in [-0.1, -0.05) is 23.8 Å². The number of benzene rings is 1. The zero-order valence-electron chi connectivity index (χ0n) is 14.0. The van der Waals surface area contributed by atoms with Crippen molar-refractivity contribution in [3.05, 3.63) is 59.0 Å². The van der Waals surface area contributed by atoms with Crippen molar-refractivity contribution in [2.24, 2.45) is 5.92 Å². The smallest absolute Gasteiger partial charge is 0.225 e. The molecule has 0 radical (unpaired) electrons. The predicted octanol–water partition coefficient (Wildman–Crippen LogP) is 2.56. The number of carbonyl (C=O) groups is 2. The number of likely N-dealkylation sites (tertiary alicyclic amines) is 1. The van der Waals surface area contributed by atoms with Crippen molar-refractivity contribution in [2.45, 2.75) is 33.4 Å². The molecular formula is C19H22N2O3. The lowest BCUT2D eigenvalue weighted by atomic mass is 10.0. The topological polar surface area (TPSA) is 62.6 Å². The molecule has 3 rings (SSSR count). The van der Waals surface area contributed by atoms with Crippen LogP contribution in [-0.2, 0) is 22.7 Å². The Morgan fingerprint density at radius 1 is 1.33 bits per heavy atom. The van der Waals surface area contributed by atoms with E-state index in [1.165, 1.54) is 5.56 Å². The summed E-state index contributed by atoms with van der Waals surface area (Å²) >= 11 is 0. The van der Waals surface area contributed by atoms with E-state index in [9.17, 15) is 9.59 Å². The van der Waals surface area contributed by atoms with Crippen LogP contribution in [0.4, 0.5) is 0 Å². The highest BCUT2D eigenvalue weighted by Gasteiger charge is 2.34. The van der Waals surface area contributed by atoms with Crippen molar-refractivity contribution in [1.29, 1.82) is 0 Å². The Bertz CT molecular complexity index is 737. The summed E-state index contributed by atoms with van der Waals surface area (Å²) in [6.45, 7) is 5.45. The minimum atomic E-state index is -0.293. The molecule has 2 amide bonds. The summed E-state index contributed by atoms with van der Waals surface area (Å²) < 4.78 is 5.27. The van der Waals surface area contributed by atoms with E-state index in [0.717, 1.165) is 16.9 Å². The average molecular weight is 326 g/mol. The lowest BCUT2D eigenvalue weighted by molar-refractivity contribution is -0.129. The minimum Gasteiger partial charge on any atom is -0.467 e. The quantitative estimate of drug-likeness (QED) is 0.918. The highest BCUT2D eigenvalue weighted by atomic mass is 16.3. The molecule has 1 unspecified atom stereocenters. The van der Waals surface area contributed by atoms with E-state index in [-0.39, 0.29) is 24.2 Å². The maximum atomic E-state index is 12.4. The highest BCUT2D eigenvalue weighted by molar-refractivity contribution is 5.89. The largest absolute Gasteiger partial charge is 0.467 e. The number of nitrogens with one attached hydrogen (secondary N) is 1. The van der Waals surface area contributed by atoms with Crippen LogP contribution in [-0.4, -0.2) is 23.3 Å². The molecule has 0 bridgehead atoms. The molecule has 1 aliphatic heterocycles. The van der Waals surface area contributed by atoms with Gasteiger partial charge in [-0.25, -0.2) is 0 Å². The van der Waals surface area contributed by atoms with Crippen LogP contribution < -0.4 is 5.32 Å². The fourth-order valence-electron chi connectivity index (χ4n) is 3.06. The van der Waals surface area contributed by atoms with Gasteiger partial charge in [0.05, 0.1) is 18.7 Å². The molecule has 1 N–H and O–H groups in total. The Balaban J connectivity index is 1.55. The zero-order valence-corrected chi connectivity index (χ0v) is 14.0. The molecule has 126 valence electrons. The number of amides is 2. The first kappa shape index (κ1) is 16.3. The normalized spacial score (nSPS) is 17.3. The fourth-order valence-corrected chi connectivity index (χ4v) is 3.06. The van der Waals surface area contributed by atoms with Gasteiger partial charge in [0.25, 0.3) is 0 Å². The van der Waals surface area contributed by atoms with Crippen molar-refractivity contribution in [1.82, 2.24) is 10.2 Å². The van der Waals surface area contributed by atoms with E-state index in [1.807, 2.05) is 32.0 Å².